The number of thiazole rings is 1. The molecule has 0 bridgehead atoms. The average molecular weight is 438 g/mol. The minimum atomic E-state index is -0.345. The molecule has 0 atom stereocenters. The zero-order valence-corrected chi connectivity index (χ0v) is 18.3. The molecule has 31 heavy (non-hydrogen) atoms. The first-order valence-electron chi connectivity index (χ1n) is 9.87. The molecule has 160 valence electrons. The van der Waals surface area contributed by atoms with Gasteiger partial charge in [-0.05, 0) is 55.8 Å². The molecule has 0 saturated heterocycles. The molecule has 4 aromatic rings. The van der Waals surface area contributed by atoms with Gasteiger partial charge in [0.15, 0.2) is 4.96 Å². The first kappa shape index (κ1) is 20.7. The lowest BCUT2D eigenvalue weighted by Crippen LogP contribution is -2.07. The van der Waals surface area contributed by atoms with Gasteiger partial charge in [0, 0.05) is 17.8 Å². The van der Waals surface area contributed by atoms with Crippen LogP contribution in [0.1, 0.15) is 27.9 Å². The second-order valence-corrected chi connectivity index (χ2v) is 7.89. The SMILES string of the molecule is CCOC(=O)c1sc2nc(-c3ccc(O)cc3)c(NCc3ccc(OC)cc3)n2c1C. The summed E-state index contributed by atoms with van der Waals surface area (Å²) >= 11 is 1.30. The Hall–Kier alpha value is -3.52. The van der Waals surface area contributed by atoms with Gasteiger partial charge in [-0.15, -0.1) is 0 Å². The molecule has 0 aliphatic carbocycles. The summed E-state index contributed by atoms with van der Waals surface area (Å²) < 4.78 is 12.4. The number of fused-ring (bicyclic) bond motifs is 1. The molecule has 0 spiro atoms. The number of anilines is 1. The van der Waals surface area contributed by atoms with Crippen molar-refractivity contribution in [3.63, 3.8) is 0 Å². The van der Waals surface area contributed by atoms with Crippen LogP contribution in [0.2, 0.25) is 0 Å². The highest BCUT2D eigenvalue weighted by Gasteiger charge is 2.23. The van der Waals surface area contributed by atoms with Crippen LogP contribution in [0.5, 0.6) is 11.5 Å². The van der Waals surface area contributed by atoms with Gasteiger partial charge in [0.25, 0.3) is 0 Å². The smallest absolute Gasteiger partial charge is 0.350 e. The molecule has 2 N–H and O–H groups in total. The molecular weight excluding hydrogens is 414 g/mol. The van der Waals surface area contributed by atoms with Crippen LogP contribution in [0.15, 0.2) is 48.5 Å². The van der Waals surface area contributed by atoms with Gasteiger partial charge in [0.05, 0.1) is 13.7 Å². The van der Waals surface area contributed by atoms with E-state index in [0.717, 1.165) is 34.1 Å². The van der Waals surface area contributed by atoms with E-state index < -0.39 is 0 Å². The molecule has 8 heteroatoms. The summed E-state index contributed by atoms with van der Waals surface area (Å²) in [5.41, 5.74) is 3.46. The van der Waals surface area contributed by atoms with Gasteiger partial charge in [0.2, 0.25) is 0 Å². The zero-order chi connectivity index (χ0) is 22.0. The van der Waals surface area contributed by atoms with Crippen molar-refractivity contribution in [3.8, 4) is 22.8 Å². The molecule has 0 fully saturated rings. The predicted molar refractivity (Wildman–Crippen MR) is 121 cm³/mol. The number of phenols is 1. The number of aromatic hydroxyl groups is 1. The van der Waals surface area contributed by atoms with Crippen molar-refractivity contribution in [2.45, 2.75) is 20.4 Å². The number of phenolic OH excluding ortho intramolecular Hbond substituents is 1. The van der Waals surface area contributed by atoms with E-state index in [1.165, 1.54) is 11.3 Å². The maximum atomic E-state index is 12.4. The maximum absolute atomic E-state index is 12.4. The number of methoxy groups -OCH3 is 1. The summed E-state index contributed by atoms with van der Waals surface area (Å²) in [4.78, 5) is 18.4. The topological polar surface area (TPSA) is 85.1 Å². The highest BCUT2D eigenvalue weighted by molar-refractivity contribution is 7.19. The average Bonchev–Trinajstić information content (AvgIpc) is 3.30. The highest BCUT2D eigenvalue weighted by Crippen LogP contribution is 2.35. The highest BCUT2D eigenvalue weighted by atomic mass is 32.1. The van der Waals surface area contributed by atoms with E-state index in [1.54, 1.807) is 26.2 Å². The molecule has 0 radical (unpaired) electrons. The number of ether oxygens (including phenoxy) is 2. The molecule has 2 heterocycles. The maximum Gasteiger partial charge on any atom is 0.350 e. The Kier molecular flexibility index (Phi) is 5.81. The van der Waals surface area contributed by atoms with E-state index in [2.05, 4.69) is 5.32 Å². The van der Waals surface area contributed by atoms with Crippen LogP contribution < -0.4 is 10.1 Å². The van der Waals surface area contributed by atoms with Gasteiger partial charge >= 0.3 is 5.97 Å². The van der Waals surface area contributed by atoms with Crippen LogP contribution in [-0.2, 0) is 11.3 Å². The van der Waals surface area contributed by atoms with E-state index in [9.17, 15) is 9.90 Å². The van der Waals surface area contributed by atoms with Crippen LogP contribution in [0.3, 0.4) is 0 Å². The second-order valence-electron chi connectivity index (χ2n) is 6.91. The lowest BCUT2D eigenvalue weighted by molar-refractivity contribution is 0.0531. The van der Waals surface area contributed by atoms with E-state index in [1.807, 2.05) is 47.7 Å². The molecule has 0 saturated carbocycles. The number of esters is 1. The molecule has 7 nitrogen and oxygen atoms in total. The van der Waals surface area contributed by atoms with Crippen molar-refractivity contribution in [2.24, 2.45) is 0 Å². The van der Waals surface area contributed by atoms with Crippen LogP contribution in [0, 0.1) is 6.92 Å². The number of aromatic nitrogens is 2. The quantitative estimate of drug-likeness (QED) is 0.401. The van der Waals surface area contributed by atoms with E-state index in [-0.39, 0.29) is 11.7 Å². The Morgan fingerprint density at radius 1 is 1.16 bits per heavy atom. The third kappa shape index (κ3) is 4.06. The van der Waals surface area contributed by atoms with Crippen LogP contribution >= 0.6 is 11.3 Å². The van der Waals surface area contributed by atoms with Gasteiger partial charge in [0.1, 0.15) is 27.9 Å². The fraction of sp³-hybridized carbons (Fsp3) is 0.217. The molecule has 4 rings (SSSR count). The zero-order valence-electron chi connectivity index (χ0n) is 17.5. The number of aryl methyl sites for hydroxylation is 1. The third-order valence-electron chi connectivity index (χ3n) is 4.92. The molecule has 0 aliphatic rings. The molecule has 2 aromatic carbocycles. The second kappa shape index (κ2) is 8.69. The minimum Gasteiger partial charge on any atom is -0.508 e. The number of carbonyl (C=O) groups is 1. The number of benzene rings is 2. The summed E-state index contributed by atoms with van der Waals surface area (Å²) in [6.07, 6.45) is 0. The Balaban J connectivity index is 1.76. The van der Waals surface area contributed by atoms with Gasteiger partial charge in [-0.1, -0.05) is 23.5 Å². The molecule has 0 unspecified atom stereocenters. The Bertz CT molecular complexity index is 1210. The summed E-state index contributed by atoms with van der Waals surface area (Å²) in [5.74, 6) is 1.43. The number of imidazole rings is 1. The summed E-state index contributed by atoms with van der Waals surface area (Å²) in [5, 5.41) is 13.1. The molecule has 0 amide bonds. The summed E-state index contributed by atoms with van der Waals surface area (Å²) in [6.45, 7) is 4.56. The lowest BCUT2D eigenvalue weighted by Gasteiger charge is -2.10. The standard InChI is InChI=1S/C23H23N3O4S/c1-4-30-22(28)20-14(2)26-21(24-13-15-5-11-18(29-3)12-6-15)19(25-23(26)31-20)16-7-9-17(27)10-8-16/h5-12,24,27H,4,13H2,1-3H3. The van der Waals surface area contributed by atoms with Gasteiger partial charge < -0.3 is 19.9 Å². The number of hydrogen-bond acceptors (Lipinski definition) is 7. The van der Waals surface area contributed by atoms with Gasteiger partial charge in [-0.3, -0.25) is 4.40 Å². The normalized spacial score (nSPS) is 10.9. The van der Waals surface area contributed by atoms with Crippen LogP contribution in [0.4, 0.5) is 5.82 Å². The first-order chi connectivity index (χ1) is 15.0. The fourth-order valence-electron chi connectivity index (χ4n) is 3.34. The Morgan fingerprint density at radius 3 is 2.52 bits per heavy atom. The van der Waals surface area contributed by atoms with Crippen LogP contribution in [-0.4, -0.2) is 34.2 Å². The first-order valence-corrected chi connectivity index (χ1v) is 10.7. The fourth-order valence-corrected chi connectivity index (χ4v) is 4.37. The van der Waals surface area contributed by atoms with Gasteiger partial charge in [-0.2, -0.15) is 0 Å². The number of rotatable bonds is 7. The molecule has 0 aliphatic heterocycles. The Labute approximate surface area is 183 Å². The van der Waals surface area contributed by atoms with Crippen molar-refractivity contribution in [1.29, 1.82) is 0 Å². The summed E-state index contributed by atoms with van der Waals surface area (Å²) in [7, 11) is 1.64. The van der Waals surface area contributed by atoms with E-state index >= 15 is 0 Å². The van der Waals surface area contributed by atoms with Crippen LogP contribution in [0.25, 0.3) is 16.2 Å². The number of nitrogens with one attached hydrogen (secondary N) is 1. The molecule has 2 aromatic heterocycles. The number of carbonyl (C=O) groups excluding carboxylic acids is 1. The van der Waals surface area contributed by atoms with E-state index in [4.69, 9.17) is 14.5 Å². The number of nitrogens with zero attached hydrogens (tertiary/aromatic N) is 2. The van der Waals surface area contributed by atoms with Crippen molar-refractivity contribution in [1.82, 2.24) is 9.38 Å². The number of hydrogen-bond donors (Lipinski definition) is 2. The van der Waals surface area contributed by atoms with Crippen molar-refractivity contribution < 1.29 is 19.4 Å². The lowest BCUT2D eigenvalue weighted by atomic mass is 10.1. The van der Waals surface area contributed by atoms with Crippen molar-refractivity contribution in [3.05, 3.63) is 64.7 Å². The Morgan fingerprint density at radius 2 is 1.87 bits per heavy atom. The molecular formula is C23H23N3O4S. The monoisotopic (exact) mass is 437 g/mol. The third-order valence-corrected chi connectivity index (χ3v) is 6.05. The summed E-state index contributed by atoms with van der Waals surface area (Å²) in [6, 6.07) is 14.7. The van der Waals surface area contributed by atoms with E-state index in [0.29, 0.717) is 23.0 Å². The van der Waals surface area contributed by atoms with Gasteiger partial charge in [-0.25, -0.2) is 9.78 Å². The van der Waals surface area contributed by atoms with Crippen molar-refractivity contribution in [2.75, 3.05) is 19.0 Å². The largest absolute Gasteiger partial charge is 0.508 e. The van der Waals surface area contributed by atoms with Crippen molar-refractivity contribution >= 4 is 28.1 Å². The predicted octanol–water partition coefficient (Wildman–Crippen LogP) is 4.87. The minimum absolute atomic E-state index is 0.193.